The highest BCUT2D eigenvalue weighted by atomic mass is 19.1. The van der Waals surface area contributed by atoms with Crippen molar-refractivity contribution in [1.29, 1.82) is 0 Å². The Morgan fingerprint density at radius 3 is 2.29 bits per heavy atom. The maximum absolute atomic E-state index is 13.9. The van der Waals surface area contributed by atoms with Gasteiger partial charge in [0, 0.05) is 12.1 Å². The Morgan fingerprint density at radius 2 is 1.63 bits per heavy atom. The van der Waals surface area contributed by atoms with E-state index in [9.17, 15) is 14.0 Å². The molecule has 0 saturated heterocycles. The number of hydrogen-bond acceptors (Lipinski definition) is 3. The number of aryl methyl sites for hydroxylation is 1. The molecule has 0 spiro atoms. The molecule has 1 atom stereocenters. The lowest BCUT2D eigenvalue weighted by atomic mass is 10.1. The molecule has 1 unspecified atom stereocenters. The van der Waals surface area contributed by atoms with Crippen molar-refractivity contribution in [2.45, 2.75) is 65.3 Å². The Bertz CT molecular complexity index is 1430. The summed E-state index contributed by atoms with van der Waals surface area (Å²) in [6.45, 7) is 6.77. The van der Waals surface area contributed by atoms with Gasteiger partial charge in [0.2, 0.25) is 0 Å². The summed E-state index contributed by atoms with van der Waals surface area (Å²) in [5, 5.41) is 0.532. The molecular formula is C32H36FN3O2. The van der Waals surface area contributed by atoms with Crippen LogP contribution in [0, 0.1) is 5.82 Å². The number of rotatable bonds is 11. The molecule has 0 aliphatic rings. The van der Waals surface area contributed by atoms with Gasteiger partial charge < -0.3 is 4.90 Å². The van der Waals surface area contributed by atoms with Gasteiger partial charge in [-0.15, -0.1) is 0 Å². The molecule has 0 fully saturated rings. The summed E-state index contributed by atoms with van der Waals surface area (Å²) < 4.78 is 15.3. The molecule has 4 rings (SSSR count). The molecule has 5 nitrogen and oxygen atoms in total. The second-order valence-electron chi connectivity index (χ2n) is 9.64. The van der Waals surface area contributed by atoms with E-state index in [1.165, 1.54) is 29.8 Å². The van der Waals surface area contributed by atoms with Gasteiger partial charge in [0.25, 0.3) is 11.5 Å². The lowest BCUT2D eigenvalue weighted by molar-refractivity contribution is 0.0654. The molecule has 0 radical (unpaired) electrons. The zero-order valence-corrected chi connectivity index (χ0v) is 22.5. The SMILES string of the molecule is CCCCCCN(C(=O)c1ccc(F)cc1)C(CC)c1nc2ccccc2c(=O)n1-c1ccc(CC)cc1. The third kappa shape index (κ3) is 5.85. The van der Waals surface area contributed by atoms with Crippen LogP contribution in [0.15, 0.2) is 77.6 Å². The molecule has 198 valence electrons. The van der Waals surface area contributed by atoms with Gasteiger partial charge in [-0.25, -0.2) is 9.37 Å². The van der Waals surface area contributed by atoms with E-state index >= 15 is 0 Å². The van der Waals surface area contributed by atoms with Crippen LogP contribution in [0.25, 0.3) is 16.6 Å². The van der Waals surface area contributed by atoms with Gasteiger partial charge >= 0.3 is 0 Å². The number of amides is 1. The third-order valence-electron chi connectivity index (χ3n) is 7.07. The maximum atomic E-state index is 13.9. The minimum atomic E-state index is -0.447. The number of hydrogen-bond donors (Lipinski definition) is 0. The van der Waals surface area contributed by atoms with Crippen molar-refractivity contribution in [2.75, 3.05) is 6.54 Å². The summed E-state index contributed by atoms with van der Waals surface area (Å²) in [7, 11) is 0. The summed E-state index contributed by atoms with van der Waals surface area (Å²) >= 11 is 0. The van der Waals surface area contributed by atoms with Crippen LogP contribution in [-0.4, -0.2) is 26.9 Å². The summed E-state index contributed by atoms with van der Waals surface area (Å²) in [5.74, 6) is -0.0429. The molecule has 0 aliphatic heterocycles. The zero-order chi connectivity index (χ0) is 27.1. The van der Waals surface area contributed by atoms with Crippen LogP contribution in [0.4, 0.5) is 4.39 Å². The highest BCUT2D eigenvalue weighted by Crippen LogP contribution is 2.28. The first-order valence-corrected chi connectivity index (χ1v) is 13.7. The molecule has 0 saturated carbocycles. The number of aromatic nitrogens is 2. The van der Waals surface area contributed by atoms with Gasteiger partial charge in [-0.1, -0.05) is 64.3 Å². The average molecular weight is 514 g/mol. The number of carbonyl (C=O) groups excluding carboxylic acids is 1. The first kappa shape index (κ1) is 27.2. The standard InChI is InChI=1S/C32H36FN3O2/c1-4-7-8-11-22-35(31(37)24-16-18-25(33)19-17-24)29(6-3)30-34-28-13-10-9-12-27(28)32(38)36(30)26-20-14-23(5-2)15-21-26/h9-10,12-21,29H,4-8,11,22H2,1-3H3. The largest absolute Gasteiger partial charge is 0.328 e. The van der Waals surface area contributed by atoms with E-state index in [0.29, 0.717) is 35.3 Å². The molecule has 0 aliphatic carbocycles. The van der Waals surface area contributed by atoms with E-state index in [-0.39, 0.29) is 17.3 Å². The fourth-order valence-electron chi connectivity index (χ4n) is 4.91. The molecule has 3 aromatic carbocycles. The van der Waals surface area contributed by atoms with Crippen LogP contribution in [0.5, 0.6) is 0 Å². The van der Waals surface area contributed by atoms with Crippen molar-refractivity contribution in [3.63, 3.8) is 0 Å². The van der Waals surface area contributed by atoms with Gasteiger partial charge in [0.05, 0.1) is 22.6 Å². The Morgan fingerprint density at radius 1 is 0.921 bits per heavy atom. The average Bonchev–Trinajstić information content (AvgIpc) is 2.95. The monoisotopic (exact) mass is 513 g/mol. The van der Waals surface area contributed by atoms with Crippen LogP contribution in [-0.2, 0) is 6.42 Å². The molecule has 0 N–H and O–H groups in total. The van der Waals surface area contributed by atoms with E-state index in [1.807, 2.05) is 54.3 Å². The number of carbonyl (C=O) groups is 1. The van der Waals surface area contributed by atoms with Crippen molar-refractivity contribution >= 4 is 16.8 Å². The van der Waals surface area contributed by atoms with Crippen LogP contribution in [0.2, 0.25) is 0 Å². The number of nitrogens with zero attached hydrogens (tertiary/aromatic N) is 3. The van der Waals surface area contributed by atoms with E-state index in [2.05, 4.69) is 13.8 Å². The summed E-state index contributed by atoms with van der Waals surface area (Å²) in [6.07, 6.45) is 5.46. The third-order valence-corrected chi connectivity index (χ3v) is 7.07. The number of unbranched alkanes of at least 4 members (excludes halogenated alkanes) is 3. The molecule has 1 aromatic heterocycles. The minimum Gasteiger partial charge on any atom is -0.328 e. The van der Waals surface area contributed by atoms with Crippen molar-refractivity contribution in [2.24, 2.45) is 0 Å². The van der Waals surface area contributed by atoms with Crippen molar-refractivity contribution in [3.8, 4) is 5.69 Å². The van der Waals surface area contributed by atoms with Crippen LogP contribution < -0.4 is 5.56 Å². The summed E-state index contributed by atoms with van der Waals surface area (Å²) in [6, 6.07) is 20.5. The molecular weight excluding hydrogens is 477 g/mol. The van der Waals surface area contributed by atoms with E-state index in [4.69, 9.17) is 4.98 Å². The van der Waals surface area contributed by atoms with Gasteiger partial charge in [-0.05, 0) is 73.4 Å². The Balaban J connectivity index is 1.88. The van der Waals surface area contributed by atoms with Crippen LogP contribution in [0.3, 0.4) is 0 Å². The lowest BCUT2D eigenvalue weighted by Gasteiger charge is -2.32. The fraction of sp³-hybridized carbons (Fsp3) is 0.344. The van der Waals surface area contributed by atoms with E-state index in [1.54, 1.807) is 10.6 Å². The number of fused-ring (bicyclic) bond motifs is 1. The second kappa shape index (κ2) is 12.6. The first-order valence-electron chi connectivity index (χ1n) is 13.7. The van der Waals surface area contributed by atoms with Gasteiger partial charge in [0.1, 0.15) is 11.6 Å². The van der Waals surface area contributed by atoms with Gasteiger partial charge in [-0.2, -0.15) is 0 Å². The van der Waals surface area contributed by atoms with E-state index < -0.39 is 6.04 Å². The minimum absolute atomic E-state index is 0.159. The van der Waals surface area contributed by atoms with Crippen molar-refractivity contribution in [3.05, 3.63) is 106 Å². The van der Waals surface area contributed by atoms with Crippen LogP contribution in [0.1, 0.15) is 80.7 Å². The van der Waals surface area contributed by atoms with E-state index in [0.717, 1.165) is 37.8 Å². The zero-order valence-electron chi connectivity index (χ0n) is 22.5. The number of para-hydroxylation sites is 1. The molecule has 4 aromatic rings. The molecule has 38 heavy (non-hydrogen) atoms. The van der Waals surface area contributed by atoms with Crippen molar-refractivity contribution in [1.82, 2.24) is 14.5 Å². The fourth-order valence-corrected chi connectivity index (χ4v) is 4.91. The van der Waals surface area contributed by atoms with Gasteiger partial charge in [-0.3, -0.25) is 14.2 Å². The predicted molar refractivity (Wildman–Crippen MR) is 151 cm³/mol. The molecule has 1 amide bonds. The Kier molecular flexibility index (Phi) is 9.06. The lowest BCUT2D eigenvalue weighted by Crippen LogP contribution is -2.39. The summed E-state index contributed by atoms with van der Waals surface area (Å²) in [5.41, 5.74) is 2.76. The highest BCUT2D eigenvalue weighted by Gasteiger charge is 2.29. The predicted octanol–water partition coefficient (Wildman–Crippen LogP) is 7.26. The Labute approximate surface area is 224 Å². The second-order valence-corrected chi connectivity index (χ2v) is 9.64. The molecule has 0 bridgehead atoms. The quantitative estimate of drug-likeness (QED) is 0.198. The normalized spacial score (nSPS) is 12.0. The highest BCUT2D eigenvalue weighted by molar-refractivity contribution is 5.94. The molecule has 6 heteroatoms. The summed E-state index contributed by atoms with van der Waals surface area (Å²) in [4.78, 5) is 34.6. The topological polar surface area (TPSA) is 55.2 Å². The van der Waals surface area contributed by atoms with Crippen molar-refractivity contribution < 1.29 is 9.18 Å². The maximum Gasteiger partial charge on any atom is 0.266 e. The molecule has 1 heterocycles. The number of halogens is 1. The Hall–Kier alpha value is -3.80. The van der Waals surface area contributed by atoms with Crippen LogP contribution >= 0.6 is 0 Å². The van der Waals surface area contributed by atoms with Gasteiger partial charge in [0.15, 0.2) is 0 Å². The first-order chi connectivity index (χ1) is 18.5. The number of benzene rings is 3. The smallest absolute Gasteiger partial charge is 0.266 e.